The van der Waals surface area contributed by atoms with E-state index in [0.717, 1.165) is 12.0 Å². The van der Waals surface area contributed by atoms with Crippen LogP contribution in [0.5, 0.6) is 0 Å². The Morgan fingerprint density at radius 3 is 2.61 bits per heavy atom. The number of rotatable bonds is 9. The van der Waals surface area contributed by atoms with Gasteiger partial charge in [0.05, 0.1) is 25.9 Å². The predicted octanol–water partition coefficient (Wildman–Crippen LogP) is 0.925. The van der Waals surface area contributed by atoms with Gasteiger partial charge in [0, 0.05) is 12.6 Å². The first kappa shape index (κ1) is 15.1. The van der Waals surface area contributed by atoms with Gasteiger partial charge < -0.3 is 20.3 Å². The van der Waals surface area contributed by atoms with Gasteiger partial charge in [-0.15, -0.1) is 0 Å². The Morgan fingerprint density at radius 1 is 1.28 bits per heavy atom. The van der Waals surface area contributed by atoms with E-state index in [1.807, 2.05) is 37.3 Å². The third-order valence-electron chi connectivity index (χ3n) is 2.78. The van der Waals surface area contributed by atoms with Crippen molar-refractivity contribution in [3.8, 4) is 0 Å². The number of hydrogen-bond acceptors (Lipinski definition) is 4. The van der Waals surface area contributed by atoms with Gasteiger partial charge in [-0.25, -0.2) is 0 Å². The SMILES string of the molecule is CCC(CO)NCC(O)COCc1ccccc1. The Bertz CT molecular complexity index is 301. The molecule has 4 heteroatoms. The largest absolute Gasteiger partial charge is 0.395 e. The highest BCUT2D eigenvalue weighted by Gasteiger charge is 2.08. The summed E-state index contributed by atoms with van der Waals surface area (Å²) in [6.45, 7) is 3.33. The molecule has 0 saturated carbocycles. The lowest BCUT2D eigenvalue weighted by Gasteiger charge is -2.17. The number of nitrogens with one attached hydrogen (secondary N) is 1. The normalized spacial score (nSPS) is 14.4. The highest BCUT2D eigenvalue weighted by molar-refractivity contribution is 5.13. The molecule has 0 heterocycles. The second-order valence-corrected chi connectivity index (χ2v) is 4.35. The topological polar surface area (TPSA) is 61.7 Å². The molecule has 0 aliphatic rings. The van der Waals surface area contributed by atoms with E-state index in [0.29, 0.717) is 19.8 Å². The Hall–Kier alpha value is -0.940. The lowest BCUT2D eigenvalue weighted by Crippen LogP contribution is -2.39. The average Bonchev–Trinajstić information content (AvgIpc) is 2.41. The molecule has 18 heavy (non-hydrogen) atoms. The van der Waals surface area contributed by atoms with Crippen LogP contribution in [0.15, 0.2) is 30.3 Å². The molecule has 1 aromatic carbocycles. The summed E-state index contributed by atoms with van der Waals surface area (Å²) >= 11 is 0. The van der Waals surface area contributed by atoms with Crippen LogP contribution in [0.2, 0.25) is 0 Å². The Kier molecular flexibility index (Phi) is 7.60. The summed E-state index contributed by atoms with van der Waals surface area (Å²) in [6.07, 6.45) is 0.294. The van der Waals surface area contributed by atoms with Crippen molar-refractivity contribution in [1.82, 2.24) is 5.32 Å². The van der Waals surface area contributed by atoms with E-state index in [1.165, 1.54) is 0 Å². The van der Waals surface area contributed by atoms with E-state index >= 15 is 0 Å². The highest BCUT2D eigenvalue weighted by Crippen LogP contribution is 2.01. The van der Waals surface area contributed by atoms with Gasteiger partial charge >= 0.3 is 0 Å². The van der Waals surface area contributed by atoms with Crippen molar-refractivity contribution >= 4 is 0 Å². The van der Waals surface area contributed by atoms with Crippen LogP contribution in [0.3, 0.4) is 0 Å². The van der Waals surface area contributed by atoms with Crippen LogP contribution in [-0.4, -0.2) is 42.1 Å². The van der Waals surface area contributed by atoms with Crippen LogP contribution < -0.4 is 5.32 Å². The molecule has 0 bridgehead atoms. The van der Waals surface area contributed by atoms with Gasteiger partial charge in [0.15, 0.2) is 0 Å². The zero-order valence-electron chi connectivity index (χ0n) is 10.9. The zero-order valence-corrected chi connectivity index (χ0v) is 10.9. The third-order valence-corrected chi connectivity index (χ3v) is 2.78. The van der Waals surface area contributed by atoms with Gasteiger partial charge in [-0.2, -0.15) is 0 Å². The molecule has 102 valence electrons. The quantitative estimate of drug-likeness (QED) is 0.612. The molecule has 0 amide bonds. The van der Waals surface area contributed by atoms with Crippen molar-refractivity contribution in [3.05, 3.63) is 35.9 Å². The number of ether oxygens (including phenoxy) is 1. The van der Waals surface area contributed by atoms with E-state index in [1.54, 1.807) is 0 Å². The molecular weight excluding hydrogens is 230 g/mol. The summed E-state index contributed by atoms with van der Waals surface area (Å²) in [7, 11) is 0. The summed E-state index contributed by atoms with van der Waals surface area (Å²) in [4.78, 5) is 0. The van der Waals surface area contributed by atoms with Crippen LogP contribution in [0.4, 0.5) is 0 Å². The van der Waals surface area contributed by atoms with Crippen LogP contribution in [0, 0.1) is 0 Å². The first-order valence-corrected chi connectivity index (χ1v) is 6.40. The second-order valence-electron chi connectivity index (χ2n) is 4.35. The standard InChI is InChI=1S/C14H23NO3/c1-2-13(9-16)15-8-14(17)11-18-10-12-6-4-3-5-7-12/h3-7,13-17H,2,8-11H2,1H3. The van der Waals surface area contributed by atoms with Gasteiger partial charge in [0.25, 0.3) is 0 Å². The molecule has 0 fully saturated rings. The molecule has 1 rings (SSSR count). The molecule has 0 aliphatic carbocycles. The van der Waals surface area contributed by atoms with Gasteiger partial charge in [0.2, 0.25) is 0 Å². The second kappa shape index (κ2) is 9.05. The summed E-state index contributed by atoms with van der Waals surface area (Å²) < 4.78 is 5.43. The molecule has 0 spiro atoms. The van der Waals surface area contributed by atoms with Crippen molar-refractivity contribution in [2.45, 2.75) is 32.1 Å². The minimum absolute atomic E-state index is 0.0498. The number of aliphatic hydroxyl groups is 2. The molecule has 2 atom stereocenters. The van der Waals surface area contributed by atoms with Crippen LogP contribution in [0.1, 0.15) is 18.9 Å². The van der Waals surface area contributed by atoms with E-state index in [2.05, 4.69) is 5.32 Å². The van der Waals surface area contributed by atoms with Gasteiger partial charge in [-0.3, -0.25) is 0 Å². The van der Waals surface area contributed by atoms with Crippen LogP contribution >= 0.6 is 0 Å². The van der Waals surface area contributed by atoms with E-state index in [4.69, 9.17) is 9.84 Å². The summed E-state index contributed by atoms with van der Waals surface area (Å²) in [5.74, 6) is 0. The summed E-state index contributed by atoms with van der Waals surface area (Å²) in [5.41, 5.74) is 1.10. The zero-order chi connectivity index (χ0) is 13.2. The minimum Gasteiger partial charge on any atom is -0.395 e. The Labute approximate surface area is 109 Å². The van der Waals surface area contributed by atoms with Crippen molar-refractivity contribution in [2.75, 3.05) is 19.8 Å². The molecule has 0 aliphatic heterocycles. The molecule has 3 N–H and O–H groups in total. The molecule has 1 aromatic rings. The fraction of sp³-hybridized carbons (Fsp3) is 0.571. The number of benzene rings is 1. The first-order valence-electron chi connectivity index (χ1n) is 6.40. The minimum atomic E-state index is -0.547. The lowest BCUT2D eigenvalue weighted by molar-refractivity contribution is 0.0265. The average molecular weight is 253 g/mol. The van der Waals surface area contributed by atoms with Crippen LogP contribution in [-0.2, 0) is 11.3 Å². The fourth-order valence-corrected chi connectivity index (χ4v) is 1.59. The molecule has 0 saturated heterocycles. The predicted molar refractivity (Wildman–Crippen MR) is 71.3 cm³/mol. The van der Waals surface area contributed by atoms with Crippen molar-refractivity contribution in [3.63, 3.8) is 0 Å². The number of aliphatic hydroxyl groups excluding tert-OH is 2. The van der Waals surface area contributed by atoms with E-state index < -0.39 is 6.10 Å². The molecule has 0 radical (unpaired) electrons. The molecule has 4 nitrogen and oxygen atoms in total. The first-order chi connectivity index (χ1) is 8.76. The summed E-state index contributed by atoms with van der Waals surface area (Å²) in [6, 6.07) is 9.91. The van der Waals surface area contributed by atoms with Crippen molar-refractivity contribution in [2.24, 2.45) is 0 Å². The molecular formula is C14H23NO3. The van der Waals surface area contributed by atoms with Gasteiger partial charge in [-0.05, 0) is 12.0 Å². The molecule has 2 unspecified atom stereocenters. The summed E-state index contributed by atoms with van der Waals surface area (Å²) in [5, 5.41) is 21.8. The number of hydrogen-bond donors (Lipinski definition) is 3. The lowest BCUT2D eigenvalue weighted by atomic mass is 10.2. The fourth-order valence-electron chi connectivity index (χ4n) is 1.59. The van der Waals surface area contributed by atoms with Crippen LogP contribution in [0.25, 0.3) is 0 Å². The Morgan fingerprint density at radius 2 is 2.00 bits per heavy atom. The van der Waals surface area contributed by atoms with Crippen molar-refractivity contribution < 1.29 is 14.9 Å². The van der Waals surface area contributed by atoms with Gasteiger partial charge in [0.1, 0.15) is 0 Å². The smallest absolute Gasteiger partial charge is 0.0897 e. The van der Waals surface area contributed by atoms with Crippen molar-refractivity contribution in [1.29, 1.82) is 0 Å². The van der Waals surface area contributed by atoms with E-state index in [-0.39, 0.29) is 12.6 Å². The maximum absolute atomic E-state index is 9.70. The monoisotopic (exact) mass is 253 g/mol. The van der Waals surface area contributed by atoms with Gasteiger partial charge in [-0.1, -0.05) is 37.3 Å². The highest BCUT2D eigenvalue weighted by atomic mass is 16.5. The third kappa shape index (κ3) is 6.12. The van der Waals surface area contributed by atoms with E-state index in [9.17, 15) is 5.11 Å². The molecule has 0 aromatic heterocycles. The maximum atomic E-state index is 9.70. The maximum Gasteiger partial charge on any atom is 0.0897 e. The Balaban J connectivity index is 2.12.